The summed E-state index contributed by atoms with van der Waals surface area (Å²) >= 11 is 0. The van der Waals surface area contributed by atoms with Crippen LogP contribution < -0.4 is 5.32 Å². The van der Waals surface area contributed by atoms with E-state index in [4.69, 9.17) is 4.98 Å². The molecule has 0 saturated carbocycles. The normalized spacial score (nSPS) is 11.4. The molecule has 0 aliphatic heterocycles. The van der Waals surface area contributed by atoms with Crippen LogP contribution in [0.1, 0.15) is 59.9 Å². The first-order chi connectivity index (χ1) is 12.8. The number of hydrogen-bond acceptors (Lipinski definition) is 3. The van der Waals surface area contributed by atoms with Crippen molar-refractivity contribution in [2.45, 2.75) is 68.5 Å². The minimum atomic E-state index is -0.394. The van der Waals surface area contributed by atoms with E-state index in [1.54, 1.807) is 0 Å². The first-order valence-corrected chi connectivity index (χ1v) is 10.2. The van der Waals surface area contributed by atoms with Crippen LogP contribution in [0.2, 0.25) is 0 Å². The van der Waals surface area contributed by atoms with Gasteiger partial charge in [0.15, 0.2) is 0 Å². The second-order valence-corrected chi connectivity index (χ2v) is 7.63. The van der Waals surface area contributed by atoms with E-state index < -0.39 is 5.41 Å². The molecule has 2 aromatic rings. The van der Waals surface area contributed by atoms with Crippen molar-refractivity contribution in [3.05, 3.63) is 29.6 Å². The van der Waals surface area contributed by atoms with Crippen LogP contribution in [-0.4, -0.2) is 40.0 Å². The summed E-state index contributed by atoms with van der Waals surface area (Å²) < 4.78 is 2.25. The Balaban J connectivity index is 0.00000176. The Morgan fingerprint density at radius 1 is 1.19 bits per heavy atom. The molecule has 0 bridgehead atoms. The number of nitrogens with zero attached hydrogens (tertiary/aromatic N) is 3. The number of nitrogens with one attached hydrogen (secondary N) is 1. The monoisotopic (exact) mass is 374 g/mol. The van der Waals surface area contributed by atoms with Crippen LogP contribution >= 0.6 is 0 Å². The van der Waals surface area contributed by atoms with Crippen molar-refractivity contribution in [1.29, 1.82) is 0 Å². The number of aryl methyl sites for hydroxylation is 1. The zero-order chi connectivity index (χ0) is 20.6. The second-order valence-electron chi connectivity index (χ2n) is 7.63. The van der Waals surface area contributed by atoms with Gasteiger partial charge in [0.2, 0.25) is 5.91 Å². The highest BCUT2D eigenvalue weighted by Gasteiger charge is 2.21. The smallest absolute Gasteiger partial charge is 0.225 e. The standard InChI is InChI=1S/C20H32N4O.C2H6/c1-7-23(8-2)11-12-24-17-10-9-15(3)13-16(17)22-18(24)14-21-19(25)20(4,5)6;1-2/h9-10,13H,7-8,11-12,14H2,1-6H3,(H,21,25);1-2H3. The van der Waals surface area contributed by atoms with Crippen molar-refractivity contribution in [2.75, 3.05) is 19.6 Å². The van der Waals surface area contributed by atoms with Gasteiger partial charge in [-0.1, -0.05) is 54.5 Å². The third-order valence-corrected chi connectivity index (χ3v) is 4.61. The Hall–Kier alpha value is -1.88. The average Bonchev–Trinajstić information content (AvgIpc) is 2.98. The van der Waals surface area contributed by atoms with Crippen LogP contribution in [0, 0.1) is 12.3 Å². The highest BCUT2D eigenvalue weighted by atomic mass is 16.2. The summed E-state index contributed by atoms with van der Waals surface area (Å²) in [5.74, 6) is 0.969. The lowest BCUT2D eigenvalue weighted by Crippen LogP contribution is -2.35. The maximum atomic E-state index is 12.2. The zero-order valence-electron chi connectivity index (χ0n) is 18.5. The summed E-state index contributed by atoms with van der Waals surface area (Å²) in [4.78, 5) is 19.4. The van der Waals surface area contributed by atoms with Crippen LogP contribution in [0.3, 0.4) is 0 Å². The summed E-state index contributed by atoms with van der Waals surface area (Å²) in [5, 5.41) is 3.03. The topological polar surface area (TPSA) is 50.2 Å². The van der Waals surface area contributed by atoms with Gasteiger partial charge in [-0.05, 0) is 37.7 Å². The highest BCUT2D eigenvalue weighted by molar-refractivity contribution is 5.81. The van der Waals surface area contributed by atoms with Crippen LogP contribution in [-0.2, 0) is 17.9 Å². The number of rotatable bonds is 7. The first-order valence-electron chi connectivity index (χ1n) is 10.2. The van der Waals surface area contributed by atoms with E-state index in [9.17, 15) is 4.79 Å². The Morgan fingerprint density at radius 2 is 1.81 bits per heavy atom. The molecule has 0 atom stereocenters. The number of hydrogen-bond donors (Lipinski definition) is 1. The van der Waals surface area contributed by atoms with Gasteiger partial charge in [-0.25, -0.2) is 4.98 Å². The number of carbonyl (C=O) groups excluding carboxylic acids is 1. The summed E-state index contributed by atoms with van der Waals surface area (Å²) in [5.41, 5.74) is 2.94. The number of amides is 1. The zero-order valence-corrected chi connectivity index (χ0v) is 18.5. The second kappa shape index (κ2) is 10.5. The van der Waals surface area contributed by atoms with Crippen molar-refractivity contribution in [1.82, 2.24) is 19.8 Å². The molecule has 1 aromatic heterocycles. The van der Waals surface area contributed by atoms with E-state index in [2.05, 4.69) is 53.8 Å². The fourth-order valence-electron chi connectivity index (χ4n) is 2.88. The molecular weight excluding hydrogens is 336 g/mol. The van der Waals surface area contributed by atoms with E-state index in [1.165, 1.54) is 5.56 Å². The largest absolute Gasteiger partial charge is 0.348 e. The number of fused-ring (bicyclic) bond motifs is 1. The summed E-state index contributed by atoms with van der Waals surface area (Å²) in [7, 11) is 0. The summed E-state index contributed by atoms with van der Waals surface area (Å²) in [6.07, 6.45) is 0. The third kappa shape index (κ3) is 6.35. The average molecular weight is 375 g/mol. The van der Waals surface area contributed by atoms with E-state index >= 15 is 0 Å². The van der Waals surface area contributed by atoms with E-state index in [1.807, 2.05) is 34.6 Å². The maximum Gasteiger partial charge on any atom is 0.225 e. The molecule has 1 amide bonds. The highest BCUT2D eigenvalue weighted by Crippen LogP contribution is 2.19. The van der Waals surface area contributed by atoms with Crippen LogP contribution in [0.5, 0.6) is 0 Å². The fourth-order valence-corrected chi connectivity index (χ4v) is 2.88. The van der Waals surface area contributed by atoms with Gasteiger partial charge in [0.25, 0.3) is 0 Å². The van der Waals surface area contributed by atoms with Gasteiger partial charge >= 0.3 is 0 Å². The lowest BCUT2D eigenvalue weighted by atomic mass is 9.96. The fraction of sp³-hybridized carbons (Fsp3) is 0.636. The summed E-state index contributed by atoms with van der Waals surface area (Å²) in [6, 6.07) is 6.36. The van der Waals surface area contributed by atoms with Crippen LogP contribution in [0.25, 0.3) is 11.0 Å². The molecule has 0 spiro atoms. The van der Waals surface area contributed by atoms with E-state index in [0.717, 1.165) is 43.0 Å². The minimum absolute atomic E-state index is 0.0472. The predicted molar refractivity (Wildman–Crippen MR) is 115 cm³/mol. The molecule has 2 rings (SSSR count). The molecule has 152 valence electrons. The molecule has 0 radical (unpaired) electrons. The third-order valence-electron chi connectivity index (χ3n) is 4.61. The molecule has 0 aliphatic carbocycles. The minimum Gasteiger partial charge on any atom is -0.348 e. The molecule has 5 heteroatoms. The number of aromatic nitrogens is 2. The van der Waals surface area contributed by atoms with Gasteiger partial charge in [0.1, 0.15) is 5.82 Å². The Bertz CT molecular complexity index is 724. The molecule has 0 saturated heterocycles. The van der Waals surface area contributed by atoms with E-state index in [-0.39, 0.29) is 5.91 Å². The number of imidazole rings is 1. The van der Waals surface area contributed by atoms with Crippen molar-refractivity contribution in [3.8, 4) is 0 Å². The Kier molecular flexibility index (Phi) is 8.97. The Morgan fingerprint density at radius 3 is 2.37 bits per heavy atom. The lowest BCUT2D eigenvalue weighted by Gasteiger charge is -2.20. The van der Waals surface area contributed by atoms with Crippen molar-refractivity contribution in [2.24, 2.45) is 5.41 Å². The molecule has 1 aromatic carbocycles. The molecular formula is C22H38N4O. The molecule has 0 unspecified atom stereocenters. The lowest BCUT2D eigenvalue weighted by molar-refractivity contribution is -0.128. The van der Waals surface area contributed by atoms with Crippen molar-refractivity contribution < 1.29 is 4.79 Å². The molecule has 0 aliphatic rings. The molecule has 0 fully saturated rings. The van der Waals surface area contributed by atoms with Gasteiger partial charge < -0.3 is 14.8 Å². The number of benzene rings is 1. The maximum absolute atomic E-state index is 12.2. The predicted octanol–water partition coefficient (Wildman–Crippen LogP) is 4.38. The Labute approximate surface area is 165 Å². The van der Waals surface area contributed by atoms with Gasteiger partial charge in [-0.3, -0.25) is 4.79 Å². The van der Waals surface area contributed by atoms with Gasteiger partial charge in [-0.2, -0.15) is 0 Å². The van der Waals surface area contributed by atoms with Gasteiger partial charge in [-0.15, -0.1) is 0 Å². The van der Waals surface area contributed by atoms with E-state index in [0.29, 0.717) is 6.54 Å². The number of carbonyl (C=O) groups is 1. The number of likely N-dealkylation sites (N-methyl/N-ethyl adjacent to an activating group) is 1. The SMILES string of the molecule is CC.CCN(CC)CCn1c(CNC(=O)C(C)(C)C)nc2cc(C)ccc21. The molecule has 1 N–H and O–H groups in total. The van der Waals surface area contributed by atoms with Crippen molar-refractivity contribution in [3.63, 3.8) is 0 Å². The molecule has 27 heavy (non-hydrogen) atoms. The van der Waals surface area contributed by atoms with Gasteiger partial charge in [0, 0.05) is 18.5 Å². The van der Waals surface area contributed by atoms with Crippen molar-refractivity contribution >= 4 is 16.9 Å². The molecule has 1 heterocycles. The first kappa shape index (κ1) is 23.2. The summed E-state index contributed by atoms with van der Waals surface area (Å²) in [6.45, 7) is 20.6. The quantitative estimate of drug-likeness (QED) is 0.783. The van der Waals surface area contributed by atoms with Gasteiger partial charge in [0.05, 0.1) is 17.6 Å². The van der Waals surface area contributed by atoms with Crippen LogP contribution in [0.15, 0.2) is 18.2 Å². The molecule has 5 nitrogen and oxygen atoms in total. The van der Waals surface area contributed by atoms with Crippen LogP contribution in [0.4, 0.5) is 0 Å².